The van der Waals surface area contributed by atoms with E-state index >= 15 is 0 Å². The lowest BCUT2D eigenvalue weighted by Gasteiger charge is -2.20. The quantitative estimate of drug-likeness (QED) is 0.0293. The van der Waals surface area contributed by atoms with E-state index in [1.807, 2.05) is 0 Å². The lowest BCUT2D eigenvalue weighted by Crippen LogP contribution is -2.28. The van der Waals surface area contributed by atoms with E-state index in [1.54, 1.807) is 0 Å². The second-order valence-electron chi connectivity index (χ2n) is 11.1. The number of unbranched alkanes of at least 4 members (excludes halogenated alkanes) is 11. The summed E-state index contributed by atoms with van der Waals surface area (Å²) in [5.74, 6) is -1.05. The molecular weight excluding hydrogens is 599 g/mol. The molecule has 45 heavy (non-hydrogen) atoms. The van der Waals surface area contributed by atoms with Gasteiger partial charge in [0.05, 0.1) is 26.4 Å². The molecule has 0 aromatic heterocycles. The van der Waals surface area contributed by atoms with Gasteiger partial charge in [0, 0.05) is 12.8 Å². The summed E-state index contributed by atoms with van der Waals surface area (Å²) < 4.78 is 32.2. The van der Waals surface area contributed by atoms with Crippen LogP contribution in [-0.2, 0) is 32.7 Å². The molecule has 10 nitrogen and oxygen atoms in total. The monoisotopic (exact) mass is 660 g/mol. The van der Waals surface area contributed by atoms with Crippen LogP contribution in [0.25, 0.3) is 0 Å². The van der Waals surface area contributed by atoms with Crippen LogP contribution < -0.4 is 0 Å². The third-order valence-corrected chi connectivity index (χ3v) is 7.82. The Kier molecular flexibility index (Phi) is 29.6. The minimum atomic E-state index is -4.62. The van der Waals surface area contributed by atoms with Gasteiger partial charge in [-0.25, -0.2) is 4.57 Å². The summed E-state index contributed by atoms with van der Waals surface area (Å²) in [6.07, 6.45) is 27.2. The Labute approximate surface area is 271 Å². The molecule has 0 radical (unpaired) electrons. The number of phosphoric acid groups is 1. The fourth-order valence-corrected chi connectivity index (χ4v) is 5.03. The van der Waals surface area contributed by atoms with E-state index in [4.69, 9.17) is 18.5 Å². The van der Waals surface area contributed by atoms with Crippen molar-refractivity contribution in [2.24, 2.45) is 0 Å². The summed E-state index contributed by atoms with van der Waals surface area (Å²) in [5, 5.41) is 19.0. The molecule has 3 atom stereocenters. The Morgan fingerprint density at radius 1 is 0.622 bits per heavy atom. The largest absolute Gasteiger partial charge is 0.472 e. The van der Waals surface area contributed by atoms with Gasteiger partial charge in [0.1, 0.15) is 12.2 Å². The lowest BCUT2D eigenvalue weighted by atomic mass is 10.1. The van der Waals surface area contributed by atoms with Crippen LogP contribution in [0.5, 0.6) is 0 Å². The van der Waals surface area contributed by atoms with Crippen molar-refractivity contribution < 1.29 is 47.8 Å². The highest BCUT2D eigenvalue weighted by Gasteiger charge is 2.27. The fourth-order valence-electron chi connectivity index (χ4n) is 4.24. The number of aliphatic hydroxyl groups excluding tert-OH is 2. The van der Waals surface area contributed by atoms with Gasteiger partial charge >= 0.3 is 19.8 Å². The van der Waals surface area contributed by atoms with E-state index < -0.39 is 58.4 Å². The molecule has 0 rings (SSSR count). The first-order chi connectivity index (χ1) is 21.8. The number of rotatable bonds is 31. The maximum absolute atomic E-state index is 12.2. The van der Waals surface area contributed by atoms with E-state index in [0.717, 1.165) is 70.6 Å². The van der Waals surface area contributed by atoms with Crippen LogP contribution in [0.1, 0.15) is 129 Å². The molecule has 0 bridgehead atoms. The van der Waals surface area contributed by atoms with Crippen LogP contribution in [0.2, 0.25) is 0 Å². The van der Waals surface area contributed by atoms with Gasteiger partial charge < -0.3 is 24.6 Å². The average Bonchev–Trinajstić information content (AvgIpc) is 3.02. The number of esters is 2. The van der Waals surface area contributed by atoms with Crippen LogP contribution in [-0.4, -0.2) is 65.7 Å². The Morgan fingerprint density at radius 2 is 1.04 bits per heavy atom. The van der Waals surface area contributed by atoms with Crippen LogP contribution in [0.3, 0.4) is 0 Å². The highest BCUT2D eigenvalue weighted by atomic mass is 31.2. The molecule has 0 amide bonds. The van der Waals surface area contributed by atoms with Gasteiger partial charge in [-0.1, -0.05) is 108 Å². The zero-order valence-corrected chi connectivity index (χ0v) is 28.7. The molecule has 0 aliphatic heterocycles. The van der Waals surface area contributed by atoms with Crippen LogP contribution >= 0.6 is 7.82 Å². The predicted octanol–water partition coefficient (Wildman–Crippen LogP) is 7.66. The summed E-state index contributed by atoms with van der Waals surface area (Å²) in [6, 6.07) is 0. The average molecular weight is 661 g/mol. The first kappa shape index (κ1) is 43.2. The molecule has 0 heterocycles. The second kappa shape index (κ2) is 30.8. The lowest BCUT2D eigenvalue weighted by molar-refractivity contribution is -0.153. The van der Waals surface area contributed by atoms with Gasteiger partial charge in [-0.2, -0.15) is 0 Å². The molecule has 3 N–H and O–H groups in total. The maximum Gasteiger partial charge on any atom is 0.472 e. The molecule has 0 saturated heterocycles. The van der Waals surface area contributed by atoms with Crippen LogP contribution in [0, 0.1) is 0 Å². The van der Waals surface area contributed by atoms with E-state index in [9.17, 15) is 29.3 Å². The molecule has 0 aliphatic carbocycles. The number of hydrogen-bond donors (Lipinski definition) is 3. The predicted molar refractivity (Wildman–Crippen MR) is 178 cm³/mol. The molecule has 262 valence electrons. The van der Waals surface area contributed by atoms with Gasteiger partial charge in [0.15, 0.2) is 0 Å². The summed E-state index contributed by atoms with van der Waals surface area (Å²) >= 11 is 0. The summed E-state index contributed by atoms with van der Waals surface area (Å²) in [7, 11) is -4.62. The van der Waals surface area contributed by atoms with Gasteiger partial charge in [-0.3, -0.25) is 18.6 Å². The summed E-state index contributed by atoms with van der Waals surface area (Å²) in [6.45, 7) is 1.98. The number of hydrogen-bond acceptors (Lipinski definition) is 9. The smallest absolute Gasteiger partial charge is 0.457 e. The van der Waals surface area contributed by atoms with Crippen molar-refractivity contribution in [1.29, 1.82) is 0 Å². The highest BCUT2D eigenvalue weighted by molar-refractivity contribution is 7.47. The molecule has 0 saturated carbocycles. The number of allylic oxidation sites excluding steroid dienone is 6. The molecule has 0 fully saturated rings. The highest BCUT2D eigenvalue weighted by Crippen LogP contribution is 2.43. The van der Waals surface area contributed by atoms with E-state index in [1.165, 1.54) is 19.3 Å². The zero-order chi connectivity index (χ0) is 33.4. The van der Waals surface area contributed by atoms with Crippen molar-refractivity contribution in [2.45, 2.75) is 142 Å². The molecule has 0 aromatic carbocycles. The molecule has 0 spiro atoms. The number of carbonyl (C=O) groups is 2. The van der Waals surface area contributed by atoms with Crippen LogP contribution in [0.15, 0.2) is 36.5 Å². The third kappa shape index (κ3) is 29.3. The van der Waals surface area contributed by atoms with Crippen molar-refractivity contribution in [1.82, 2.24) is 0 Å². The van der Waals surface area contributed by atoms with Crippen molar-refractivity contribution >= 4 is 19.8 Å². The van der Waals surface area contributed by atoms with E-state index in [-0.39, 0.29) is 12.8 Å². The van der Waals surface area contributed by atoms with Crippen molar-refractivity contribution in [2.75, 3.05) is 26.4 Å². The minimum absolute atomic E-state index is 0.172. The number of aliphatic hydroxyl groups is 2. The van der Waals surface area contributed by atoms with Crippen molar-refractivity contribution in [3.8, 4) is 0 Å². The molecular formula is C34H61O10P. The minimum Gasteiger partial charge on any atom is -0.457 e. The summed E-state index contributed by atoms with van der Waals surface area (Å²) in [5.41, 5.74) is 0. The number of phosphoric ester groups is 1. The zero-order valence-electron chi connectivity index (χ0n) is 27.8. The van der Waals surface area contributed by atoms with E-state index in [2.05, 4.69) is 50.3 Å². The van der Waals surface area contributed by atoms with E-state index in [0.29, 0.717) is 12.8 Å². The Bertz CT molecular complexity index is 858. The fraction of sp³-hybridized carbons (Fsp3) is 0.765. The Hall–Kier alpha value is -1.81. The summed E-state index contributed by atoms with van der Waals surface area (Å²) in [4.78, 5) is 34.1. The molecule has 3 unspecified atom stereocenters. The first-order valence-corrected chi connectivity index (χ1v) is 18.4. The molecule has 0 aliphatic rings. The van der Waals surface area contributed by atoms with Crippen molar-refractivity contribution in [3.05, 3.63) is 36.5 Å². The van der Waals surface area contributed by atoms with Crippen LogP contribution in [0.4, 0.5) is 0 Å². The van der Waals surface area contributed by atoms with Gasteiger partial charge in [-0.15, -0.1) is 0 Å². The van der Waals surface area contributed by atoms with Gasteiger partial charge in [0.25, 0.3) is 0 Å². The number of carbonyl (C=O) groups excluding carboxylic acids is 2. The SMILES string of the molecule is CC/C=C\C/C=C\C/C=C\CCCCCCCC(=O)OC(CO)COP(=O)(O)OCC(CO)OC(=O)CCCCCCCCC. The molecule has 11 heteroatoms. The van der Waals surface area contributed by atoms with Gasteiger partial charge in [0.2, 0.25) is 0 Å². The standard InChI is InChI=1S/C34H61O10P/c1-3-5-7-9-11-12-13-14-15-16-17-18-20-22-24-26-34(38)44-32(28-36)30-42-45(39,40)41-29-31(27-35)43-33(37)25-23-21-19-10-8-6-4-2/h5,7,11-12,14-15,31-32,35-36H,3-4,6,8-10,13,16-30H2,1-2H3,(H,39,40)/b7-5-,12-11-,15-14-. The van der Waals surface area contributed by atoms with Crippen molar-refractivity contribution in [3.63, 3.8) is 0 Å². The topological polar surface area (TPSA) is 149 Å². The Morgan fingerprint density at radius 3 is 1.51 bits per heavy atom. The normalized spacial score (nSPS) is 14.7. The number of ether oxygens (including phenoxy) is 2. The third-order valence-electron chi connectivity index (χ3n) is 6.87. The first-order valence-electron chi connectivity index (χ1n) is 16.9. The second-order valence-corrected chi connectivity index (χ2v) is 12.6. The maximum atomic E-state index is 12.2. The van der Waals surface area contributed by atoms with Gasteiger partial charge in [-0.05, 0) is 44.9 Å². The Balaban J connectivity index is 4.05. The molecule has 0 aromatic rings.